The number of aromatic amines is 1. The van der Waals surface area contributed by atoms with E-state index in [4.69, 9.17) is 10.5 Å². The molecule has 4 N–H and O–H groups in total. The van der Waals surface area contributed by atoms with Gasteiger partial charge in [0.2, 0.25) is 17.7 Å². The molecule has 7 nitrogen and oxygen atoms in total. The molecule has 2 aliphatic rings. The maximum Gasteiger partial charge on any atom is 0.245 e. The Morgan fingerprint density at radius 1 is 1.44 bits per heavy atom. The highest BCUT2D eigenvalue weighted by molar-refractivity contribution is 9.10. The molecule has 1 amide bonds. The number of halogens is 1. The summed E-state index contributed by atoms with van der Waals surface area (Å²) in [6.07, 6.45) is 1.51. The van der Waals surface area contributed by atoms with Crippen molar-refractivity contribution in [1.82, 2.24) is 10.2 Å². The number of aryl methyl sites for hydroxylation is 1. The molecule has 4 rings (SSSR count). The van der Waals surface area contributed by atoms with Gasteiger partial charge in [-0.2, -0.15) is 5.26 Å². The third-order valence-corrected chi connectivity index (χ3v) is 5.26. The van der Waals surface area contributed by atoms with Gasteiger partial charge >= 0.3 is 0 Å². The summed E-state index contributed by atoms with van der Waals surface area (Å²) in [6, 6.07) is 7.55. The molecule has 1 aromatic carbocycles. The zero-order valence-corrected chi connectivity index (χ0v) is 14.9. The summed E-state index contributed by atoms with van der Waals surface area (Å²) in [5, 5.41) is 19.8. The fraction of sp³-hybridized carbons (Fsp3) is 0.235. The van der Waals surface area contributed by atoms with E-state index < -0.39 is 5.41 Å². The van der Waals surface area contributed by atoms with Crippen molar-refractivity contribution >= 4 is 27.5 Å². The third-order valence-electron chi connectivity index (χ3n) is 4.60. The van der Waals surface area contributed by atoms with Gasteiger partial charge < -0.3 is 15.8 Å². The van der Waals surface area contributed by atoms with E-state index in [0.29, 0.717) is 27.7 Å². The Hall–Kier alpha value is -2.79. The Kier molecular flexibility index (Phi) is 3.37. The second-order valence-electron chi connectivity index (χ2n) is 5.95. The van der Waals surface area contributed by atoms with E-state index in [1.807, 2.05) is 19.1 Å². The van der Waals surface area contributed by atoms with E-state index in [2.05, 4.69) is 37.5 Å². The van der Waals surface area contributed by atoms with Crippen LogP contribution in [0.15, 0.2) is 34.1 Å². The Balaban J connectivity index is 2.16. The number of nitrogens with zero attached hydrogens (tertiary/aromatic N) is 2. The number of nitrogens with one attached hydrogen (secondary N) is 2. The van der Waals surface area contributed by atoms with Gasteiger partial charge in [0, 0.05) is 21.4 Å². The topological polar surface area (TPSA) is 117 Å². The number of nitrogens with two attached hydrogens (primary N) is 1. The molecule has 0 aliphatic carbocycles. The minimum Gasteiger partial charge on any atom is -0.420 e. The summed E-state index contributed by atoms with van der Waals surface area (Å²) in [7, 11) is 0. The lowest BCUT2D eigenvalue weighted by molar-refractivity contribution is -0.118. The first-order valence-electron chi connectivity index (χ1n) is 7.82. The number of fused-ring (bicyclic) bond motifs is 4. The Labute approximate surface area is 152 Å². The number of aromatic nitrogens is 2. The molecular weight excluding hydrogens is 386 g/mol. The molecule has 0 radical (unpaired) electrons. The van der Waals surface area contributed by atoms with Crippen LogP contribution >= 0.6 is 15.9 Å². The molecule has 0 fully saturated rings. The van der Waals surface area contributed by atoms with Crippen LogP contribution < -0.4 is 15.8 Å². The first-order valence-corrected chi connectivity index (χ1v) is 8.61. The fourth-order valence-electron chi connectivity index (χ4n) is 3.67. The summed E-state index contributed by atoms with van der Waals surface area (Å²) >= 11 is 3.53. The molecule has 25 heavy (non-hydrogen) atoms. The van der Waals surface area contributed by atoms with E-state index in [1.165, 1.54) is 0 Å². The van der Waals surface area contributed by atoms with Crippen LogP contribution in [0.3, 0.4) is 0 Å². The molecule has 1 atom stereocenters. The summed E-state index contributed by atoms with van der Waals surface area (Å²) in [6.45, 7) is 2.03. The van der Waals surface area contributed by atoms with Crippen LogP contribution in [0.2, 0.25) is 0 Å². The molecule has 2 aliphatic heterocycles. The Morgan fingerprint density at radius 3 is 2.96 bits per heavy atom. The van der Waals surface area contributed by atoms with Gasteiger partial charge in [-0.1, -0.05) is 35.3 Å². The van der Waals surface area contributed by atoms with Crippen molar-refractivity contribution in [3.8, 4) is 11.9 Å². The van der Waals surface area contributed by atoms with Gasteiger partial charge in [0.05, 0.1) is 5.56 Å². The highest BCUT2D eigenvalue weighted by Crippen LogP contribution is 2.55. The Bertz CT molecular complexity index is 987. The van der Waals surface area contributed by atoms with Gasteiger partial charge in [-0.05, 0) is 18.6 Å². The number of amides is 1. The van der Waals surface area contributed by atoms with E-state index in [0.717, 1.165) is 12.1 Å². The highest BCUT2D eigenvalue weighted by atomic mass is 79.9. The number of rotatable bonds is 2. The maximum atomic E-state index is 13.2. The number of hydrogen-bond acceptors (Lipinski definition) is 5. The van der Waals surface area contributed by atoms with Gasteiger partial charge in [-0.3, -0.25) is 9.89 Å². The molecule has 0 bridgehead atoms. The minimum atomic E-state index is -1.38. The van der Waals surface area contributed by atoms with Crippen molar-refractivity contribution in [3.05, 3.63) is 50.9 Å². The molecule has 0 saturated carbocycles. The number of nitriles is 1. The summed E-state index contributed by atoms with van der Waals surface area (Å²) in [4.78, 5) is 13.2. The maximum absolute atomic E-state index is 13.2. The Morgan fingerprint density at radius 2 is 2.24 bits per heavy atom. The SMILES string of the molecule is CCCc1[nH]nc2c1[C@]1(C(=O)Nc3cccc(Br)c31)C(C#N)=C(N)O2. The molecular formula is C17H14BrN5O2. The second kappa shape index (κ2) is 5.36. The quantitative estimate of drug-likeness (QED) is 0.716. The van der Waals surface area contributed by atoms with Crippen LogP contribution in [0, 0.1) is 11.3 Å². The van der Waals surface area contributed by atoms with Crippen molar-refractivity contribution in [3.63, 3.8) is 0 Å². The number of H-pyrrole nitrogens is 1. The van der Waals surface area contributed by atoms with Gasteiger partial charge in [0.25, 0.3) is 0 Å². The lowest BCUT2D eigenvalue weighted by atomic mass is 9.68. The first-order chi connectivity index (χ1) is 12.1. The third kappa shape index (κ3) is 1.84. The zero-order valence-electron chi connectivity index (χ0n) is 13.3. The van der Waals surface area contributed by atoms with Crippen LogP contribution in [-0.4, -0.2) is 16.1 Å². The van der Waals surface area contributed by atoms with Crippen LogP contribution in [0.1, 0.15) is 30.2 Å². The smallest absolute Gasteiger partial charge is 0.245 e. The van der Waals surface area contributed by atoms with Crippen LogP contribution in [0.4, 0.5) is 5.69 Å². The molecule has 0 unspecified atom stereocenters. The molecule has 1 aromatic heterocycles. The molecule has 8 heteroatoms. The highest BCUT2D eigenvalue weighted by Gasteiger charge is 2.59. The van der Waals surface area contributed by atoms with Gasteiger partial charge in [-0.15, -0.1) is 5.10 Å². The van der Waals surface area contributed by atoms with Crippen LogP contribution in [0.5, 0.6) is 5.88 Å². The number of carbonyl (C=O) groups excluding carboxylic acids is 1. The van der Waals surface area contributed by atoms with E-state index >= 15 is 0 Å². The monoisotopic (exact) mass is 399 g/mol. The second-order valence-corrected chi connectivity index (χ2v) is 6.81. The molecule has 2 aromatic rings. The van der Waals surface area contributed by atoms with Crippen molar-refractivity contribution in [1.29, 1.82) is 5.26 Å². The molecule has 1 spiro atoms. The largest absolute Gasteiger partial charge is 0.420 e. The molecule has 126 valence electrons. The summed E-state index contributed by atoms with van der Waals surface area (Å²) in [5.41, 5.74) is 7.30. The molecule has 0 saturated heterocycles. The predicted octanol–water partition coefficient (Wildman–Crippen LogP) is 2.45. The fourth-order valence-corrected chi connectivity index (χ4v) is 4.33. The molecule has 3 heterocycles. The van der Waals surface area contributed by atoms with Crippen LogP contribution in [-0.2, 0) is 16.6 Å². The van der Waals surface area contributed by atoms with Crippen LogP contribution in [0.25, 0.3) is 0 Å². The predicted molar refractivity (Wildman–Crippen MR) is 93.6 cm³/mol. The van der Waals surface area contributed by atoms with Crippen molar-refractivity contribution in [2.45, 2.75) is 25.2 Å². The van der Waals surface area contributed by atoms with Crippen molar-refractivity contribution in [2.24, 2.45) is 5.73 Å². The van der Waals surface area contributed by atoms with Crippen molar-refractivity contribution in [2.75, 3.05) is 5.32 Å². The number of benzene rings is 1. The van der Waals surface area contributed by atoms with Gasteiger partial charge in [-0.25, -0.2) is 0 Å². The van der Waals surface area contributed by atoms with E-state index in [9.17, 15) is 10.1 Å². The number of ether oxygens (including phenoxy) is 1. The minimum absolute atomic E-state index is 0.0712. The first kappa shape index (κ1) is 15.7. The lowest BCUT2D eigenvalue weighted by Crippen LogP contribution is -2.43. The number of carbonyl (C=O) groups is 1. The van der Waals surface area contributed by atoms with E-state index in [1.54, 1.807) is 6.07 Å². The zero-order chi connectivity index (χ0) is 17.8. The lowest BCUT2D eigenvalue weighted by Gasteiger charge is -2.32. The standard InChI is InChI=1S/C17H14BrN5O2/c1-2-4-11-13-15(23-22-11)25-14(20)8(7-19)17(13)12-9(18)5-3-6-10(12)21-16(17)24/h3,5-6H,2,4,20H2,1H3,(H,21,24)(H,22,23)/t17-/m0/s1. The summed E-state index contributed by atoms with van der Waals surface area (Å²) in [5.74, 6) is -0.209. The van der Waals surface area contributed by atoms with Gasteiger partial charge in [0.15, 0.2) is 0 Å². The average molecular weight is 400 g/mol. The van der Waals surface area contributed by atoms with E-state index in [-0.39, 0.29) is 23.2 Å². The normalized spacial score (nSPS) is 20.8. The van der Waals surface area contributed by atoms with Crippen molar-refractivity contribution < 1.29 is 9.53 Å². The average Bonchev–Trinajstić information content (AvgIpc) is 3.09. The summed E-state index contributed by atoms with van der Waals surface area (Å²) < 4.78 is 6.26. The van der Waals surface area contributed by atoms with Gasteiger partial charge in [0.1, 0.15) is 17.1 Å². The number of anilines is 1. The number of hydrogen-bond donors (Lipinski definition) is 3.